The number of amides is 3. The van der Waals surface area contributed by atoms with Crippen molar-refractivity contribution in [2.45, 2.75) is 52.0 Å². The first kappa shape index (κ1) is 15.5. The van der Waals surface area contributed by atoms with Crippen LogP contribution < -0.4 is 10.6 Å². The van der Waals surface area contributed by atoms with Gasteiger partial charge in [-0.05, 0) is 31.6 Å². The quantitative estimate of drug-likeness (QED) is 0.660. The van der Waals surface area contributed by atoms with Crippen molar-refractivity contribution in [2.75, 3.05) is 0 Å². The number of aliphatic carboxylic acids is 1. The molecule has 1 heterocycles. The van der Waals surface area contributed by atoms with E-state index in [2.05, 4.69) is 10.6 Å². The lowest BCUT2D eigenvalue weighted by Gasteiger charge is -2.28. The van der Waals surface area contributed by atoms with Crippen LogP contribution in [0, 0.1) is 11.8 Å². The van der Waals surface area contributed by atoms with Crippen molar-refractivity contribution in [2.24, 2.45) is 11.8 Å². The van der Waals surface area contributed by atoms with Crippen molar-refractivity contribution in [3.63, 3.8) is 0 Å². The van der Waals surface area contributed by atoms with E-state index < -0.39 is 23.5 Å². The standard InChI is InChI=1S/C11H16N2O4.C2H6/c1-2-6(8(14)15)5-11(7-3-4-7)9(16)12-10(17)13-11;1-2/h6-7H,2-5H2,1H3,(H,14,15)(H2,12,13,16,17);1-2H3. The molecule has 0 aromatic heterocycles. The zero-order valence-corrected chi connectivity index (χ0v) is 11.7. The van der Waals surface area contributed by atoms with Gasteiger partial charge in [0.1, 0.15) is 5.54 Å². The maximum atomic E-state index is 11.9. The molecule has 2 atom stereocenters. The van der Waals surface area contributed by atoms with Gasteiger partial charge < -0.3 is 10.4 Å². The van der Waals surface area contributed by atoms with Crippen LogP contribution in [0.1, 0.15) is 46.5 Å². The van der Waals surface area contributed by atoms with Crippen molar-refractivity contribution in [1.29, 1.82) is 0 Å². The highest BCUT2D eigenvalue weighted by molar-refractivity contribution is 6.07. The predicted molar refractivity (Wildman–Crippen MR) is 69.5 cm³/mol. The van der Waals surface area contributed by atoms with E-state index in [4.69, 9.17) is 5.11 Å². The van der Waals surface area contributed by atoms with E-state index in [1.165, 1.54) is 0 Å². The Hall–Kier alpha value is -1.59. The number of rotatable bonds is 5. The number of nitrogens with one attached hydrogen (secondary N) is 2. The van der Waals surface area contributed by atoms with E-state index in [1.54, 1.807) is 6.92 Å². The van der Waals surface area contributed by atoms with E-state index in [-0.39, 0.29) is 18.2 Å². The summed E-state index contributed by atoms with van der Waals surface area (Å²) in [5.41, 5.74) is -0.990. The minimum Gasteiger partial charge on any atom is -0.481 e. The molecule has 6 nitrogen and oxygen atoms in total. The smallest absolute Gasteiger partial charge is 0.322 e. The van der Waals surface area contributed by atoms with Crippen LogP contribution in [0.3, 0.4) is 0 Å². The number of carboxylic acid groups (broad SMARTS) is 1. The van der Waals surface area contributed by atoms with Crippen molar-refractivity contribution in [3.05, 3.63) is 0 Å². The lowest BCUT2D eigenvalue weighted by atomic mass is 9.82. The summed E-state index contributed by atoms with van der Waals surface area (Å²) in [5, 5.41) is 13.9. The first-order chi connectivity index (χ1) is 8.99. The molecule has 0 spiro atoms. The third-order valence-corrected chi connectivity index (χ3v) is 3.65. The molecule has 2 unspecified atom stereocenters. The number of hydrogen-bond donors (Lipinski definition) is 3. The molecule has 19 heavy (non-hydrogen) atoms. The fraction of sp³-hybridized carbons (Fsp3) is 0.769. The second-order valence-electron chi connectivity index (χ2n) is 4.80. The molecule has 0 aromatic rings. The SMILES string of the molecule is CC.CCC(CC1(C2CC2)NC(=O)NC1=O)C(=O)O. The summed E-state index contributed by atoms with van der Waals surface area (Å²) in [4.78, 5) is 34.2. The largest absolute Gasteiger partial charge is 0.481 e. The van der Waals surface area contributed by atoms with Gasteiger partial charge in [-0.25, -0.2) is 4.79 Å². The van der Waals surface area contributed by atoms with Crippen molar-refractivity contribution >= 4 is 17.9 Å². The second-order valence-corrected chi connectivity index (χ2v) is 4.80. The molecule has 0 radical (unpaired) electrons. The molecular formula is C13H22N2O4. The molecule has 2 fully saturated rings. The van der Waals surface area contributed by atoms with E-state index in [9.17, 15) is 14.4 Å². The maximum Gasteiger partial charge on any atom is 0.322 e. The van der Waals surface area contributed by atoms with E-state index in [0.29, 0.717) is 6.42 Å². The van der Waals surface area contributed by atoms with Crippen molar-refractivity contribution < 1.29 is 19.5 Å². The zero-order valence-electron chi connectivity index (χ0n) is 11.7. The Morgan fingerprint density at radius 3 is 2.32 bits per heavy atom. The third-order valence-electron chi connectivity index (χ3n) is 3.65. The summed E-state index contributed by atoms with van der Waals surface area (Å²) < 4.78 is 0. The Labute approximate surface area is 112 Å². The number of urea groups is 1. The first-order valence-electron chi connectivity index (χ1n) is 6.86. The molecule has 2 aliphatic rings. The van der Waals surface area contributed by atoms with Crippen LogP contribution in [0.5, 0.6) is 0 Å². The average molecular weight is 270 g/mol. The highest BCUT2D eigenvalue weighted by atomic mass is 16.4. The summed E-state index contributed by atoms with van der Waals surface area (Å²) >= 11 is 0. The Balaban J connectivity index is 0.000000861. The highest BCUT2D eigenvalue weighted by Crippen LogP contribution is 2.44. The summed E-state index contributed by atoms with van der Waals surface area (Å²) in [6, 6.07) is -0.512. The Morgan fingerprint density at radius 2 is 2.00 bits per heavy atom. The van der Waals surface area contributed by atoms with E-state index in [0.717, 1.165) is 12.8 Å². The van der Waals surface area contributed by atoms with Gasteiger partial charge in [-0.15, -0.1) is 0 Å². The Kier molecular flexibility index (Phi) is 4.91. The molecule has 1 saturated heterocycles. The molecule has 108 valence electrons. The number of carbonyl (C=O) groups is 3. The zero-order chi connectivity index (χ0) is 14.6. The molecule has 0 bridgehead atoms. The van der Waals surface area contributed by atoms with Gasteiger partial charge in [-0.3, -0.25) is 14.9 Å². The average Bonchev–Trinajstić information content (AvgIpc) is 3.17. The van der Waals surface area contributed by atoms with Gasteiger partial charge >= 0.3 is 12.0 Å². The summed E-state index contributed by atoms with van der Waals surface area (Å²) in [5.74, 6) is -1.80. The molecule has 1 aliphatic heterocycles. The predicted octanol–water partition coefficient (Wildman–Crippen LogP) is 1.50. The Morgan fingerprint density at radius 1 is 1.42 bits per heavy atom. The topological polar surface area (TPSA) is 95.5 Å². The normalized spacial score (nSPS) is 26.9. The van der Waals surface area contributed by atoms with Gasteiger partial charge in [0.05, 0.1) is 5.92 Å². The van der Waals surface area contributed by atoms with Crippen LogP contribution in [0.4, 0.5) is 4.79 Å². The molecule has 3 amide bonds. The molecule has 1 aliphatic carbocycles. The summed E-state index contributed by atoms with van der Waals surface area (Å²) in [7, 11) is 0. The van der Waals surface area contributed by atoms with Crippen LogP contribution >= 0.6 is 0 Å². The van der Waals surface area contributed by atoms with Gasteiger partial charge in [-0.2, -0.15) is 0 Å². The van der Waals surface area contributed by atoms with Gasteiger partial charge in [0, 0.05) is 0 Å². The highest BCUT2D eigenvalue weighted by Gasteiger charge is 2.56. The lowest BCUT2D eigenvalue weighted by molar-refractivity contribution is -0.143. The van der Waals surface area contributed by atoms with Gasteiger partial charge in [0.15, 0.2) is 0 Å². The van der Waals surface area contributed by atoms with Gasteiger partial charge in [-0.1, -0.05) is 20.8 Å². The van der Waals surface area contributed by atoms with E-state index >= 15 is 0 Å². The van der Waals surface area contributed by atoms with Crippen LogP contribution in [0.15, 0.2) is 0 Å². The fourth-order valence-corrected chi connectivity index (χ4v) is 2.47. The Bertz CT molecular complexity index is 379. The maximum absolute atomic E-state index is 11.9. The van der Waals surface area contributed by atoms with Gasteiger partial charge in [0.2, 0.25) is 0 Å². The van der Waals surface area contributed by atoms with E-state index in [1.807, 2.05) is 13.8 Å². The molecule has 0 aromatic carbocycles. The summed E-state index contributed by atoms with van der Waals surface area (Å²) in [6.07, 6.45) is 2.36. The van der Waals surface area contributed by atoms with Crippen LogP contribution in [0.2, 0.25) is 0 Å². The third kappa shape index (κ3) is 3.05. The minimum atomic E-state index is -0.990. The van der Waals surface area contributed by atoms with Gasteiger partial charge in [0.25, 0.3) is 5.91 Å². The first-order valence-corrected chi connectivity index (χ1v) is 6.86. The number of carboxylic acids is 1. The molecule has 3 N–H and O–H groups in total. The van der Waals surface area contributed by atoms with Crippen LogP contribution in [0.25, 0.3) is 0 Å². The molecule has 6 heteroatoms. The molecule has 2 rings (SSSR count). The number of imide groups is 1. The number of carbonyl (C=O) groups excluding carboxylic acids is 2. The minimum absolute atomic E-state index is 0.0855. The van der Waals surface area contributed by atoms with Crippen molar-refractivity contribution in [1.82, 2.24) is 10.6 Å². The monoisotopic (exact) mass is 270 g/mol. The number of hydrogen-bond acceptors (Lipinski definition) is 3. The lowest BCUT2D eigenvalue weighted by Crippen LogP contribution is -2.51. The van der Waals surface area contributed by atoms with Crippen molar-refractivity contribution in [3.8, 4) is 0 Å². The fourth-order valence-electron chi connectivity index (χ4n) is 2.47. The molecule has 1 saturated carbocycles. The summed E-state index contributed by atoms with van der Waals surface area (Å²) in [6.45, 7) is 5.77. The molecular weight excluding hydrogens is 248 g/mol. The van der Waals surface area contributed by atoms with Crippen LogP contribution in [-0.4, -0.2) is 28.6 Å². The van der Waals surface area contributed by atoms with Crippen LogP contribution in [-0.2, 0) is 9.59 Å². The second kappa shape index (κ2) is 6.04.